The fourth-order valence-electron chi connectivity index (χ4n) is 2.66. The lowest BCUT2D eigenvalue weighted by molar-refractivity contribution is 0.505. The Morgan fingerprint density at radius 2 is 2.15 bits per heavy atom. The number of hydrogen-bond acceptors (Lipinski definition) is 3. The predicted molar refractivity (Wildman–Crippen MR) is 80.7 cm³/mol. The Labute approximate surface area is 118 Å². The first kappa shape index (κ1) is 12.9. The van der Waals surface area contributed by atoms with Gasteiger partial charge in [0.25, 0.3) is 0 Å². The molecule has 0 saturated heterocycles. The highest BCUT2D eigenvalue weighted by atomic mass is 16.3. The van der Waals surface area contributed by atoms with Crippen molar-refractivity contribution in [3.8, 4) is 0 Å². The smallest absolute Gasteiger partial charge is 0.108 e. The second-order valence-corrected chi connectivity index (χ2v) is 4.83. The molecule has 3 aromatic rings. The van der Waals surface area contributed by atoms with E-state index in [1.54, 1.807) is 6.26 Å². The molecule has 3 rings (SSSR count). The number of furan rings is 1. The van der Waals surface area contributed by atoms with Crippen LogP contribution in [0.1, 0.15) is 29.9 Å². The topological polar surface area (TPSA) is 38.1 Å². The molecule has 1 unspecified atom stereocenters. The fraction of sp³-hybridized carbons (Fsp3) is 0.235. The first-order valence-electron chi connectivity index (χ1n) is 6.91. The molecule has 20 heavy (non-hydrogen) atoms. The van der Waals surface area contributed by atoms with Crippen molar-refractivity contribution < 1.29 is 4.42 Å². The lowest BCUT2D eigenvalue weighted by atomic mass is 9.97. The Morgan fingerprint density at radius 3 is 2.95 bits per heavy atom. The van der Waals surface area contributed by atoms with Crippen LogP contribution < -0.4 is 5.32 Å². The third-order valence-electron chi connectivity index (χ3n) is 3.66. The molecule has 1 aromatic carbocycles. The van der Waals surface area contributed by atoms with Gasteiger partial charge in [0, 0.05) is 23.6 Å². The van der Waals surface area contributed by atoms with Crippen LogP contribution in [0.3, 0.4) is 0 Å². The van der Waals surface area contributed by atoms with Gasteiger partial charge in [-0.05, 0) is 30.8 Å². The molecule has 0 radical (unpaired) electrons. The average molecular weight is 266 g/mol. The molecule has 0 aliphatic rings. The molecule has 0 amide bonds. The maximum Gasteiger partial charge on any atom is 0.108 e. The molecule has 0 spiro atoms. The van der Waals surface area contributed by atoms with Crippen molar-refractivity contribution >= 4 is 10.9 Å². The molecular weight excluding hydrogens is 248 g/mol. The van der Waals surface area contributed by atoms with Crippen molar-refractivity contribution in [2.75, 3.05) is 7.05 Å². The van der Waals surface area contributed by atoms with E-state index >= 15 is 0 Å². The summed E-state index contributed by atoms with van der Waals surface area (Å²) in [5.41, 5.74) is 3.42. The summed E-state index contributed by atoms with van der Waals surface area (Å²) in [4.78, 5) is 4.43. The number of fused-ring (bicyclic) bond motifs is 1. The normalized spacial score (nSPS) is 12.7. The van der Waals surface area contributed by atoms with Gasteiger partial charge < -0.3 is 9.73 Å². The minimum absolute atomic E-state index is 0.134. The van der Waals surface area contributed by atoms with Crippen LogP contribution in [0.2, 0.25) is 0 Å². The molecule has 2 aromatic heterocycles. The summed E-state index contributed by atoms with van der Waals surface area (Å²) in [7, 11) is 1.97. The van der Waals surface area contributed by atoms with Crippen LogP contribution in [0.5, 0.6) is 0 Å². The molecule has 0 aliphatic heterocycles. The molecule has 0 aliphatic carbocycles. The van der Waals surface area contributed by atoms with E-state index in [-0.39, 0.29) is 6.04 Å². The SMILES string of the molecule is CCc1occc1C(NC)c1ccc2cccnc2c1. The van der Waals surface area contributed by atoms with Crippen LogP contribution in [0.4, 0.5) is 0 Å². The summed E-state index contributed by atoms with van der Waals surface area (Å²) in [6.45, 7) is 2.11. The molecule has 3 heteroatoms. The Kier molecular flexibility index (Phi) is 3.52. The van der Waals surface area contributed by atoms with E-state index in [4.69, 9.17) is 4.42 Å². The lowest BCUT2D eigenvalue weighted by Crippen LogP contribution is -2.18. The molecule has 2 heterocycles. The first-order chi connectivity index (χ1) is 9.83. The lowest BCUT2D eigenvalue weighted by Gasteiger charge is -2.17. The van der Waals surface area contributed by atoms with Crippen molar-refractivity contribution in [2.45, 2.75) is 19.4 Å². The van der Waals surface area contributed by atoms with Gasteiger partial charge in [0.2, 0.25) is 0 Å². The van der Waals surface area contributed by atoms with Crippen molar-refractivity contribution in [1.82, 2.24) is 10.3 Å². The van der Waals surface area contributed by atoms with Gasteiger partial charge in [0.1, 0.15) is 5.76 Å². The largest absolute Gasteiger partial charge is 0.469 e. The second kappa shape index (κ2) is 5.47. The summed E-state index contributed by atoms with van der Waals surface area (Å²) >= 11 is 0. The number of benzene rings is 1. The summed E-state index contributed by atoms with van der Waals surface area (Å²) in [5.74, 6) is 1.03. The minimum atomic E-state index is 0.134. The van der Waals surface area contributed by atoms with Gasteiger partial charge in [0.15, 0.2) is 0 Å². The fourth-order valence-corrected chi connectivity index (χ4v) is 2.66. The Hall–Kier alpha value is -2.13. The Morgan fingerprint density at radius 1 is 1.25 bits per heavy atom. The zero-order chi connectivity index (χ0) is 13.9. The predicted octanol–water partition coefficient (Wildman–Crippen LogP) is 3.70. The van der Waals surface area contributed by atoms with Crippen molar-refractivity contribution in [3.63, 3.8) is 0 Å². The van der Waals surface area contributed by atoms with E-state index in [2.05, 4.69) is 41.5 Å². The molecule has 0 fully saturated rings. The monoisotopic (exact) mass is 266 g/mol. The summed E-state index contributed by atoms with van der Waals surface area (Å²) in [6.07, 6.45) is 4.49. The van der Waals surface area contributed by atoms with Crippen LogP contribution in [-0.2, 0) is 6.42 Å². The number of aryl methyl sites for hydroxylation is 1. The van der Waals surface area contributed by atoms with Crippen molar-refractivity contribution in [3.05, 3.63) is 65.7 Å². The molecular formula is C17H18N2O. The quantitative estimate of drug-likeness (QED) is 0.782. The summed E-state index contributed by atoms with van der Waals surface area (Å²) in [5, 5.41) is 4.53. The van der Waals surface area contributed by atoms with Gasteiger partial charge in [-0.2, -0.15) is 0 Å². The minimum Gasteiger partial charge on any atom is -0.469 e. The van der Waals surface area contributed by atoms with E-state index in [9.17, 15) is 0 Å². The molecule has 1 atom stereocenters. The molecule has 0 bridgehead atoms. The highest BCUT2D eigenvalue weighted by Crippen LogP contribution is 2.28. The maximum atomic E-state index is 5.55. The summed E-state index contributed by atoms with van der Waals surface area (Å²) in [6, 6.07) is 12.6. The standard InChI is InChI=1S/C17H18N2O/c1-3-16-14(8-10-20-16)17(18-2)13-7-6-12-5-4-9-19-15(12)11-13/h4-11,17-18H,3H2,1-2H3. The van der Waals surface area contributed by atoms with Gasteiger partial charge in [0.05, 0.1) is 17.8 Å². The van der Waals surface area contributed by atoms with Crippen LogP contribution >= 0.6 is 0 Å². The summed E-state index contributed by atoms with van der Waals surface area (Å²) < 4.78 is 5.55. The number of aromatic nitrogens is 1. The van der Waals surface area contributed by atoms with Gasteiger partial charge in [-0.1, -0.05) is 25.1 Å². The molecule has 1 N–H and O–H groups in total. The molecule has 102 valence electrons. The number of rotatable bonds is 4. The highest BCUT2D eigenvalue weighted by Gasteiger charge is 2.17. The van der Waals surface area contributed by atoms with Crippen LogP contribution in [0.15, 0.2) is 53.3 Å². The first-order valence-corrected chi connectivity index (χ1v) is 6.91. The zero-order valence-corrected chi connectivity index (χ0v) is 11.8. The highest BCUT2D eigenvalue weighted by molar-refractivity contribution is 5.79. The van der Waals surface area contributed by atoms with Crippen LogP contribution in [-0.4, -0.2) is 12.0 Å². The van der Waals surface area contributed by atoms with Crippen molar-refractivity contribution in [2.24, 2.45) is 0 Å². The van der Waals surface area contributed by atoms with Crippen LogP contribution in [0.25, 0.3) is 10.9 Å². The van der Waals surface area contributed by atoms with Crippen LogP contribution in [0, 0.1) is 0 Å². The van der Waals surface area contributed by atoms with E-state index in [1.165, 1.54) is 11.1 Å². The van der Waals surface area contributed by atoms with E-state index < -0.39 is 0 Å². The van der Waals surface area contributed by atoms with Gasteiger partial charge in [-0.25, -0.2) is 0 Å². The maximum absolute atomic E-state index is 5.55. The zero-order valence-electron chi connectivity index (χ0n) is 11.8. The van der Waals surface area contributed by atoms with E-state index in [0.717, 1.165) is 23.1 Å². The molecule has 3 nitrogen and oxygen atoms in total. The average Bonchev–Trinajstić information content (AvgIpc) is 2.96. The Balaban J connectivity index is 2.07. The third-order valence-corrected chi connectivity index (χ3v) is 3.66. The van der Waals surface area contributed by atoms with E-state index in [0.29, 0.717) is 0 Å². The van der Waals surface area contributed by atoms with Gasteiger partial charge in [-0.3, -0.25) is 4.98 Å². The second-order valence-electron chi connectivity index (χ2n) is 4.83. The number of nitrogens with one attached hydrogen (secondary N) is 1. The van der Waals surface area contributed by atoms with E-state index in [1.807, 2.05) is 25.4 Å². The number of hydrogen-bond donors (Lipinski definition) is 1. The van der Waals surface area contributed by atoms with Gasteiger partial charge >= 0.3 is 0 Å². The Bertz CT molecular complexity index is 718. The number of pyridine rings is 1. The van der Waals surface area contributed by atoms with Crippen molar-refractivity contribution in [1.29, 1.82) is 0 Å². The number of nitrogens with zero attached hydrogens (tertiary/aromatic N) is 1. The third kappa shape index (κ3) is 2.21. The van der Waals surface area contributed by atoms with Gasteiger partial charge in [-0.15, -0.1) is 0 Å². The molecule has 0 saturated carbocycles.